The summed E-state index contributed by atoms with van der Waals surface area (Å²) >= 11 is 11.8. The molecule has 0 atom stereocenters. The van der Waals surface area contributed by atoms with Crippen molar-refractivity contribution in [2.75, 3.05) is 11.3 Å². The first kappa shape index (κ1) is 21.1. The first-order valence-electron chi connectivity index (χ1n) is 8.44. The lowest BCUT2D eigenvalue weighted by atomic mass is 10.1. The molecule has 0 aliphatic heterocycles. The van der Waals surface area contributed by atoms with Crippen molar-refractivity contribution in [3.05, 3.63) is 70.2 Å². The molecular formula is C20H16Cl2N2O4S. The van der Waals surface area contributed by atoms with E-state index in [0.29, 0.717) is 11.3 Å². The highest BCUT2D eigenvalue weighted by Crippen LogP contribution is 2.26. The number of rotatable bonds is 6. The van der Waals surface area contributed by atoms with Gasteiger partial charge in [0.1, 0.15) is 5.78 Å². The average molecular weight is 451 g/mol. The molecule has 0 aromatic heterocycles. The van der Waals surface area contributed by atoms with Crippen molar-refractivity contribution in [1.29, 1.82) is 0 Å². The summed E-state index contributed by atoms with van der Waals surface area (Å²) in [5, 5.41) is 4.44. The number of amides is 1. The Hall–Kier alpha value is -2.61. The van der Waals surface area contributed by atoms with Crippen LogP contribution < -0.4 is 10.0 Å². The number of hydrogen-bond acceptors (Lipinski definition) is 4. The Balaban J connectivity index is 1.85. The number of sulfonamides is 1. The Morgan fingerprint density at radius 2 is 1.52 bits per heavy atom. The molecule has 0 aliphatic rings. The molecule has 0 spiro atoms. The summed E-state index contributed by atoms with van der Waals surface area (Å²) < 4.78 is 27.7. The smallest absolute Gasteiger partial charge is 0.261 e. The third-order valence-electron chi connectivity index (χ3n) is 4.00. The van der Waals surface area contributed by atoms with Gasteiger partial charge in [-0.3, -0.25) is 14.3 Å². The standard InChI is InChI=1S/C20H16Cl2N2O4S/c1-12(25)11-23-20(26)15-3-2-14-7-18(5-4-13(14)6-15)24-29(27,28)19-9-16(21)8-17(22)10-19/h2-10,24H,11H2,1H3,(H,23,26). The van der Waals surface area contributed by atoms with Gasteiger partial charge in [0.25, 0.3) is 15.9 Å². The van der Waals surface area contributed by atoms with Crippen molar-refractivity contribution in [1.82, 2.24) is 5.32 Å². The van der Waals surface area contributed by atoms with E-state index in [1.807, 2.05) is 0 Å². The number of hydrogen-bond donors (Lipinski definition) is 2. The van der Waals surface area contributed by atoms with Crippen molar-refractivity contribution in [3.63, 3.8) is 0 Å². The number of benzene rings is 3. The molecule has 0 unspecified atom stereocenters. The van der Waals surface area contributed by atoms with Crippen LogP contribution in [0.1, 0.15) is 17.3 Å². The van der Waals surface area contributed by atoms with Crippen molar-refractivity contribution >= 4 is 61.4 Å². The molecule has 9 heteroatoms. The second-order valence-corrected chi connectivity index (χ2v) is 8.93. The van der Waals surface area contributed by atoms with Crippen molar-refractivity contribution < 1.29 is 18.0 Å². The number of fused-ring (bicyclic) bond motifs is 1. The highest BCUT2D eigenvalue weighted by molar-refractivity contribution is 7.92. The minimum atomic E-state index is -3.88. The Morgan fingerprint density at radius 3 is 2.17 bits per heavy atom. The van der Waals surface area contributed by atoms with Crippen molar-refractivity contribution in [3.8, 4) is 0 Å². The summed E-state index contributed by atoms with van der Waals surface area (Å²) in [5.41, 5.74) is 0.753. The first-order valence-corrected chi connectivity index (χ1v) is 10.7. The van der Waals surface area contributed by atoms with Gasteiger partial charge < -0.3 is 5.32 Å². The second-order valence-electron chi connectivity index (χ2n) is 6.37. The monoisotopic (exact) mass is 450 g/mol. The molecule has 0 saturated heterocycles. The van der Waals surface area contributed by atoms with Crippen LogP contribution in [-0.2, 0) is 14.8 Å². The molecule has 0 fully saturated rings. The van der Waals surface area contributed by atoms with Gasteiger partial charge in [0.05, 0.1) is 11.4 Å². The fraction of sp³-hybridized carbons (Fsp3) is 0.100. The summed E-state index contributed by atoms with van der Waals surface area (Å²) in [4.78, 5) is 23.0. The van der Waals surface area contributed by atoms with E-state index in [1.165, 1.54) is 25.1 Å². The zero-order valence-electron chi connectivity index (χ0n) is 15.2. The maximum Gasteiger partial charge on any atom is 0.261 e. The summed E-state index contributed by atoms with van der Waals surface area (Å²) in [5.74, 6) is -0.498. The van der Waals surface area contributed by atoms with E-state index >= 15 is 0 Å². The van der Waals surface area contributed by atoms with Gasteiger partial charge in [-0.2, -0.15) is 0 Å². The van der Waals surface area contributed by atoms with Crippen LogP contribution in [0.25, 0.3) is 10.8 Å². The molecule has 29 heavy (non-hydrogen) atoms. The quantitative estimate of drug-likeness (QED) is 0.586. The molecule has 6 nitrogen and oxygen atoms in total. The third kappa shape index (κ3) is 5.26. The fourth-order valence-corrected chi connectivity index (χ4v) is 4.43. The minimum absolute atomic E-state index is 0.0366. The van der Waals surface area contributed by atoms with Crippen LogP contribution in [0.3, 0.4) is 0 Å². The molecule has 0 heterocycles. The fourth-order valence-electron chi connectivity index (χ4n) is 2.66. The van der Waals surface area contributed by atoms with Gasteiger partial charge in [-0.25, -0.2) is 8.42 Å². The van der Waals surface area contributed by atoms with E-state index in [2.05, 4.69) is 10.0 Å². The molecule has 0 aliphatic carbocycles. The maximum absolute atomic E-state index is 12.6. The highest BCUT2D eigenvalue weighted by atomic mass is 35.5. The van der Waals surface area contributed by atoms with Gasteiger partial charge in [-0.1, -0.05) is 35.3 Å². The van der Waals surface area contributed by atoms with E-state index in [4.69, 9.17) is 23.2 Å². The molecule has 3 rings (SSSR count). The number of carbonyl (C=O) groups excluding carboxylic acids is 2. The zero-order valence-corrected chi connectivity index (χ0v) is 17.5. The zero-order chi connectivity index (χ0) is 21.2. The van der Waals surface area contributed by atoms with Crippen LogP contribution in [0.2, 0.25) is 10.0 Å². The molecule has 2 N–H and O–H groups in total. The van der Waals surface area contributed by atoms with E-state index in [1.54, 1.807) is 36.4 Å². The van der Waals surface area contributed by atoms with Crippen LogP contribution in [0.5, 0.6) is 0 Å². The number of halogens is 2. The van der Waals surface area contributed by atoms with E-state index in [0.717, 1.165) is 10.8 Å². The Kier molecular flexibility index (Phi) is 6.12. The SMILES string of the molecule is CC(=O)CNC(=O)c1ccc2cc(NS(=O)(=O)c3cc(Cl)cc(Cl)c3)ccc2c1. The molecule has 3 aromatic carbocycles. The lowest BCUT2D eigenvalue weighted by molar-refractivity contribution is -0.116. The lowest BCUT2D eigenvalue weighted by Crippen LogP contribution is -2.28. The average Bonchev–Trinajstić information content (AvgIpc) is 2.64. The predicted molar refractivity (Wildman–Crippen MR) is 114 cm³/mol. The molecule has 0 radical (unpaired) electrons. The van der Waals surface area contributed by atoms with Crippen LogP contribution in [-0.4, -0.2) is 26.7 Å². The number of anilines is 1. The Morgan fingerprint density at radius 1 is 0.897 bits per heavy atom. The van der Waals surface area contributed by atoms with Gasteiger partial charge >= 0.3 is 0 Å². The number of Topliss-reactive ketones (excluding diaryl/α,β-unsaturated/α-hetero) is 1. The van der Waals surface area contributed by atoms with Crippen molar-refractivity contribution in [2.24, 2.45) is 0 Å². The summed E-state index contributed by atoms with van der Waals surface area (Å²) in [6, 6.07) is 14.0. The third-order valence-corrected chi connectivity index (χ3v) is 5.80. The Bertz CT molecular complexity index is 1210. The molecule has 1 amide bonds. The largest absolute Gasteiger partial charge is 0.345 e. The van der Waals surface area contributed by atoms with Gasteiger partial charge in [0, 0.05) is 21.3 Å². The first-order chi connectivity index (χ1) is 13.6. The summed E-state index contributed by atoms with van der Waals surface area (Å²) in [7, 11) is -3.88. The molecular weight excluding hydrogens is 435 g/mol. The number of ketones is 1. The minimum Gasteiger partial charge on any atom is -0.345 e. The normalized spacial score (nSPS) is 11.3. The molecule has 0 saturated carbocycles. The highest BCUT2D eigenvalue weighted by Gasteiger charge is 2.16. The molecule has 150 valence electrons. The van der Waals surface area contributed by atoms with Gasteiger partial charge in [0.15, 0.2) is 0 Å². The van der Waals surface area contributed by atoms with E-state index < -0.39 is 10.0 Å². The van der Waals surface area contributed by atoms with Gasteiger partial charge in [-0.15, -0.1) is 0 Å². The van der Waals surface area contributed by atoms with E-state index in [-0.39, 0.29) is 33.2 Å². The topological polar surface area (TPSA) is 92.3 Å². The van der Waals surface area contributed by atoms with Crippen LogP contribution in [0.4, 0.5) is 5.69 Å². The van der Waals surface area contributed by atoms with E-state index in [9.17, 15) is 18.0 Å². The van der Waals surface area contributed by atoms with Gasteiger partial charge in [0.2, 0.25) is 0 Å². The van der Waals surface area contributed by atoms with Crippen LogP contribution >= 0.6 is 23.2 Å². The predicted octanol–water partition coefficient (Wildman–Crippen LogP) is 4.27. The number of nitrogens with one attached hydrogen (secondary N) is 2. The Labute approximate surface area is 177 Å². The molecule has 0 bridgehead atoms. The van der Waals surface area contributed by atoms with Crippen LogP contribution in [0, 0.1) is 0 Å². The van der Waals surface area contributed by atoms with Crippen LogP contribution in [0.15, 0.2) is 59.5 Å². The lowest BCUT2D eigenvalue weighted by Gasteiger charge is -2.10. The number of carbonyl (C=O) groups is 2. The maximum atomic E-state index is 12.6. The summed E-state index contributed by atoms with van der Waals surface area (Å²) in [6.07, 6.45) is 0. The molecule has 3 aromatic rings. The van der Waals surface area contributed by atoms with Crippen molar-refractivity contribution in [2.45, 2.75) is 11.8 Å². The second kappa shape index (κ2) is 8.41. The van der Waals surface area contributed by atoms with Gasteiger partial charge in [-0.05, 0) is 60.2 Å². The summed E-state index contributed by atoms with van der Waals surface area (Å²) in [6.45, 7) is 1.35.